The molecule has 3 N–H and O–H groups in total. The van der Waals surface area contributed by atoms with Crippen LogP contribution in [0.3, 0.4) is 0 Å². The molecule has 1 unspecified atom stereocenters. The molecule has 1 aliphatic carbocycles. The molecule has 0 saturated carbocycles. The number of nitrogens with two attached hydrogens (primary N) is 1. The van der Waals surface area contributed by atoms with Crippen LogP contribution in [0, 0.1) is 0 Å². The van der Waals surface area contributed by atoms with Gasteiger partial charge in [-0.15, -0.1) is 12.4 Å². The van der Waals surface area contributed by atoms with Gasteiger partial charge >= 0.3 is 0 Å². The van der Waals surface area contributed by atoms with E-state index < -0.39 is 10.0 Å². The van der Waals surface area contributed by atoms with Crippen molar-refractivity contribution in [3.63, 3.8) is 0 Å². The molecule has 0 spiro atoms. The third-order valence-corrected chi connectivity index (χ3v) is 5.88. The van der Waals surface area contributed by atoms with Gasteiger partial charge in [-0.3, -0.25) is 0 Å². The number of benzene rings is 2. The molecule has 0 radical (unpaired) electrons. The van der Waals surface area contributed by atoms with Gasteiger partial charge in [-0.05, 0) is 66.3 Å². The highest BCUT2D eigenvalue weighted by atomic mass is 35.5. The molecular formula is C17H19Cl3N2O2S. The lowest BCUT2D eigenvalue weighted by atomic mass is 9.88. The predicted molar refractivity (Wildman–Crippen MR) is 106 cm³/mol. The fraction of sp³-hybridized carbons (Fsp3) is 0.294. The SMILES string of the molecule is Cl.Nc1ccc2c(c1)CCCC2NS(=O)(=O)Cc1cc(Cl)cc(Cl)c1. The van der Waals surface area contributed by atoms with Gasteiger partial charge < -0.3 is 5.73 Å². The van der Waals surface area contributed by atoms with Crippen molar-refractivity contribution in [2.45, 2.75) is 31.1 Å². The van der Waals surface area contributed by atoms with Crippen molar-refractivity contribution in [3.8, 4) is 0 Å². The van der Waals surface area contributed by atoms with E-state index in [1.807, 2.05) is 18.2 Å². The van der Waals surface area contributed by atoms with Crippen molar-refractivity contribution >= 4 is 51.3 Å². The van der Waals surface area contributed by atoms with Crippen molar-refractivity contribution in [1.82, 2.24) is 4.72 Å². The van der Waals surface area contributed by atoms with Gasteiger partial charge in [-0.2, -0.15) is 0 Å². The number of rotatable bonds is 4. The maximum Gasteiger partial charge on any atom is 0.216 e. The fourth-order valence-corrected chi connectivity index (χ4v) is 5.07. The van der Waals surface area contributed by atoms with Crippen molar-refractivity contribution in [2.24, 2.45) is 0 Å². The monoisotopic (exact) mass is 420 g/mol. The van der Waals surface area contributed by atoms with Crippen molar-refractivity contribution < 1.29 is 8.42 Å². The van der Waals surface area contributed by atoms with Crippen LogP contribution in [-0.2, 0) is 22.2 Å². The molecule has 0 fully saturated rings. The molecule has 0 bridgehead atoms. The quantitative estimate of drug-likeness (QED) is 0.714. The first-order valence-electron chi connectivity index (χ1n) is 7.66. The Morgan fingerprint density at radius 3 is 2.48 bits per heavy atom. The predicted octanol–water partition coefficient (Wildman–Crippen LogP) is 4.49. The van der Waals surface area contributed by atoms with Crippen molar-refractivity contribution in [1.29, 1.82) is 0 Å². The minimum Gasteiger partial charge on any atom is -0.399 e. The van der Waals surface area contributed by atoms with E-state index in [1.165, 1.54) is 0 Å². The summed E-state index contributed by atoms with van der Waals surface area (Å²) in [5.74, 6) is -0.159. The zero-order valence-corrected chi connectivity index (χ0v) is 16.5. The van der Waals surface area contributed by atoms with Gasteiger partial charge in [-0.1, -0.05) is 29.3 Å². The van der Waals surface area contributed by atoms with E-state index in [9.17, 15) is 8.42 Å². The summed E-state index contributed by atoms with van der Waals surface area (Å²) in [6.45, 7) is 0. The Bertz CT molecular complexity index is 852. The molecular weight excluding hydrogens is 403 g/mol. The summed E-state index contributed by atoms with van der Waals surface area (Å²) < 4.78 is 27.9. The highest BCUT2D eigenvalue weighted by molar-refractivity contribution is 7.88. The van der Waals surface area contributed by atoms with E-state index in [0.29, 0.717) is 21.3 Å². The van der Waals surface area contributed by atoms with Crippen LogP contribution in [0.15, 0.2) is 36.4 Å². The molecule has 25 heavy (non-hydrogen) atoms. The Labute approximate surface area is 164 Å². The summed E-state index contributed by atoms with van der Waals surface area (Å²) in [5.41, 5.74) is 9.20. The molecule has 4 nitrogen and oxygen atoms in total. The summed E-state index contributed by atoms with van der Waals surface area (Å²) in [4.78, 5) is 0. The molecule has 0 amide bonds. The second kappa shape index (κ2) is 8.14. The summed E-state index contributed by atoms with van der Waals surface area (Å²) in [6.07, 6.45) is 2.61. The number of aryl methyl sites for hydroxylation is 1. The topological polar surface area (TPSA) is 72.2 Å². The normalized spacial score (nSPS) is 16.8. The second-order valence-corrected chi connectivity index (χ2v) is 8.68. The first-order chi connectivity index (χ1) is 11.3. The third-order valence-electron chi connectivity index (χ3n) is 4.08. The van der Waals surface area contributed by atoms with Crippen LogP contribution in [-0.4, -0.2) is 8.42 Å². The van der Waals surface area contributed by atoms with E-state index in [-0.39, 0.29) is 24.2 Å². The number of fused-ring (bicyclic) bond motifs is 1. The Balaban J connectivity index is 0.00000225. The zero-order valence-electron chi connectivity index (χ0n) is 13.3. The highest BCUT2D eigenvalue weighted by Gasteiger charge is 2.25. The lowest BCUT2D eigenvalue weighted by Crippen LogP contribution is -2.32. The van der Waals surface area contributed by atoms with Gasteiger partial charge in [0.1, 0.15) is 0 Å². The highest BCUT2D eigenvalue weighted by Crippen LogP contribution is 2.32. The van der Waals surface area contributed by atoms with Crippen LogP contribution in [0.4, 0.5) is 5.69 Å². The smallest absolute Gasteiger partial charge is 0.216 e. The lowest BCUT2D eigenvalue weighted by Gasteiger charge is -2.26. The lowest BCUT2D eigenvalue weighted by molar-refractivity contribution is 0.507. The molecule has 136 valence electrons. The second-order valence-electron chi connectivity index (χ2n) is 6.06. The number of nitrogen functional groups attached to an aromatic ring is 1. The van der Waals surface area contributed by atoms with E-state index in [2.05, 4.69) is 4.72 Å². The molecule has 0 heterocycles. The molecule has 1 aliphatic rings. The van der Waals surface area contributed by atoms with Crippen molar-refractivity contribution in [3.05, 3.63) is 63.1 Å². The molecule has 0 aromatic heterocycles. The van der Waals surface area contributed by atoms with Gasteiger partial charge in [0, 0.05) is 21.8 Å². The molecule has 0 saturated heterocycles. The van der Waals surface area contributed by atoms with Gasteiger partial charge in [0.25, 0.3) is 0 Å². The van der Waals surface area contributed by atoms with E-state index in [0.717, 1.165) is 30.4 Å². The summed E-state index contributed by atoms with van der Waals surface area (Å²) in [6, 6.07) is 10.2. The minimum absolute atomic E-state index is 0. The van der Waals surface area contributed by atoms with Crippen LogP contribution in [0.5, 0.6) is 0 Å². The number of nitrogens with one attached hydrogen (secondary N) is 1. The minimum atomic E-state index is -3.52. The number of anilines is 1. The summed E-state index contributed by atoms with van der Waals surface area (Å²) in [5, 5.41) is 0.845. The Hall–Kier alpha value is -0.980. The number of hydrogen-bond donors (Lipinski definition) is 2. The number of sulfonamides is 1. The van der Waals surface area contributed by atoms with E-state index >= 15 is 0 Å². The van der Waals surface area contributed by atoms with Crippen LogP contribution in [0.25, 0.3) is 0 Å². The fourth-order valence-electron chi connectivity index (χ4n) is 3.13. The molecule has 8 heteroatoms. The van der Waals surface area contributed by atoms with Crippen LogP contribution < -0.4 is 10.5 Å². The van der Waals surface area contributed by atoms with Crippen LogP contribution in [0.1, 0.15) is 35.6 Å². The first kappa shape index (κ1) is 20.3. The summed E-state index contributed by atoms with van der Waals surface area (Å²) >= 11 is 11.9. The molecule has 3 rings (SSSR count). The summed E-state index contributed by atoms with van der Waals surface area (Å²) in [7, 11) is -3.52. The Morgan fingerprint density at radius 1 is 1.12 bits per heavy atom. The molecule has 2 aromatic carbocycles. The number of halogens is 3. The van der Waals surface area contributed by atoms with Gasteiger partial charge in [0.15, 0.2) is 0 Å². The average molecular weight is 422 g/mol. The molecule has 2 aromatic rings. The number of hydrogen-bond acceptors (Lipinski definition) is 3. The van der Waals surface area contributed by atoms with Gasteiger partial charge in [0.05, 0.1) is 5.75 Å². The van der Waals surface area contributed by atoms with Crippen molar-refractivity contribution in [2.75, 3.05) is 5.73 Å². The molecule has 0 aliphatic heterocycles. The standard InChI is InChI=1S/C17H18Cl2N2O2S.ClH/c18-13-6-11(7-14(19)9-13)10-24(22,23)21-17-3-1-2-12-8-15(20)4-5-16(12)17;/h4-9,17,21H,1-3,10,20H2;1H. The van der Waals surface area contributed by atoms with Crippen LogP contribution >= 0.6 is 35.6 Å². The Kier molecular flexibility index (Phi) is 6.62. The van der Waals surface area contributed by atoms with E-state index in [1.54, 1.807) is 18.2 Å². The van der Waals surface area contributed by atoms with E-state index in [4.69, 9.17) is 28.9 Å². The van der Waals surface area contributed by atoms with Gasteiger partial charge in [-0.25, -0.2) is 13.1 Å². The van der Waals surface area contributed by atoms with Crippen LogP contribution in [0.2, 0.25) is 10.0 Å². The Morgan fingerprint density at radius 2 is 1.80 bits per heavy atom. The average Bonchev–Trinajstić information content (AvgIpc) is 2.44. The molecule has 1 atom stereocenters. The third kappa shape index (κ3) is 5.25. The maximum atomic E-state index is 12.5. The zero-order chi connectivity index (χ0) is 17.3. The first-order valence-corrected chi connectivity index (χ1v) is 10.1. The van der Waals surface area contributed by atoms with Gasteiger partial charge in [0.2, 0.25) is 10.0 Å². The largest absolute Gasteiger partial charge is 0.399 e. The maximum absolute atomic E-state index is 12.5.